The summed E-state index contributed by atoms with van der Waals surface area (Å²) in [6, 6.07) is 8.51. The largest absolute Gasteiger partial charge is 0.338 e. The molecule has 26 heavy (non-hydrogen) atoms. The van der Waals surface area contributed by atoms with Gasteiger partial charge in [0, 0.05) is 35.6 Å². The van der Waals surface area contributed by atoms with E-state index in [0.29, 0.717) is 22.2 Å². The average molecular weight is 372 g/mol. The Morgan fingerprint density at radius 1 is 1.27 bits per heavy atom. The van der Waals surface area contributed by atoms with E-state index >= 15 is 0 Å². The van der Waals surface area contributed by atoms with Crippen LogP contribution in [0.1, 0.15) is 46.2 Å². The number of nitrogens with one attached hydrogen (secondary N) is 1. The first-order valence-electron chi connectivity index (χ1n) is 8.77. The molecule has 2 heterocycles. The summed E-state index contributed by atoms with van der Waals surface area (Å²) in [7, 11) is 0. The zero-order chi connectivity index (χ0) is 18.7. The van der Waals surface area contributed by atoms with Gasteiger partial charge in [-0.25, -0.2) is 0 Å². The lowest BCUT2D eigenvalue weighted by Gasteiger charge is -2.31. The minimum atomic E-state index is -0.364. The van der Waals surface area contributed by atoms with E-state index in [1.54, 1.807) is 24.3 Å². The Bertz CT molecular complexity index is 838. The van der Waals surface area contributed by atoms with Crippen LogP contribution in [-0.4, -0.2) is 34.8 Å². The van der Waals surface area contributed by atoms with E-state index in [1.807, 2.05) is 17.9 Å². The number of amides is 2. The number of anilines is 1. The van der Waals surface area contributed by atoms with Gasteiger partial charge >= 0.3 is 0 Å². The Kier molecular flexibility index (Phi) is 5.57. The monoisotopic (exact) mass is 371 g/mol. The van der Waals surface area contributed by atoms with Crippen LogP contribution < -0.4 is 5.32 Å². The lowest BCUT2D eigenvalue weighted by Crippen LogP contribution is -2.39. The van der Waals surface area contributed by atoms with Crippen molar-refractivity contribution in [3.8, 4) is 0 Å². The Morgan fingerprint density at radius 2 is 2.08 bits per heavy atom. The summed E-state index contributed by atoms with van der Waals surface area (Å²) in [5.41, 5.74) is 2.23. The molecule has 1 aliphatic rings. The minimum Gasteiger partial charge on any atom is -0.338 e. The van der Waals surface area contributed by atoms with Crippen LogP contribution >= 0.6 is 11.6 Å². The molecule has 1 atom stereocenters. The molecule has 2 aromatic rings. The third-order valence-corrected chi connectivity index (χ3v) is 4.87. The Hall–Kier alpha value is -2.40. The van der Waals surface area contributed by atoms with Crippen molar-refractivity contribution in [2.24, 2.45) is 5.92 Å². The maximum absolute atomic E-state index is 12.7. The molecule has 1 aromatic heterocycles. The summed E-state index contributed by atoms with van der Waals surface area (Å²) < 4.78 is 0. The number of likely N-dealkylation sites (tertiary alicyclic amines) is 1. The molecule has 0 radical (unpaired) electrons. The molecular formula is C20H22ClN3O2. The van der Waals surface area contributed by atoms with Gasteiger partial charge in [0.1, 0.15) is 5.69 Å². The standard InChI is InChI=1S/C20H22ClN3O2/c1-13-4-3-9-24(12-13)20(26)15-7-8-22-18(10-15)19(25)23-17-11-16(21)6-5-14(17)2/h5-8,10-11,13H,3-4,9,12H2,1-2H3,(H,23,25). The Balaban J connectivity index is 1.77. The average Bonchev–Trinajstić information content (AvgIpc) is 2.64. The first kappa shape index (κ1) is 18.4. The lowest BCUT2D eigenvalue weighted by molar-refractivity contribution is 0.0683. The normalized spacial score (nSPS) is 17.0. The molecule has 1 fully saturated rings. The first-order valence-corrected chi connectivity index (χ1v) is 9.14. The summed E-state index contributed by atoms with van der Waals surface area (Å²) in [6.07, 6.45) is 3.66. The number of hydrogen-bond donors (Lipinski definition) is 1. The van der Waals surface area contributed by atoms with Gasteiger partial charge in [-0.1, -0.05) is 24.6 Å². The van der Waals surface area contributed by atoms with Gasteiger partial charge in [0.05, 0.1) is 0 Å². The Labute approximate surface area is 158 Å². The summed E-state index contributed by atoms with van der Waals surface area (Å²) in [4.78, 5) is 31.2. The summed E-state index contributed by atoms with van der Waals surface area (Å²) in [5.74, 6) is 0.0899. The molecule has 0 bridgehead atoms. The number of halogens is 1. The maximum Gasteiger partial charge on any atom is 0.274 e. The first-order chi connectivity index (χ1) is 12.4. The van der Waals surface area contributed by atoms with Crippen LogP contribution in [0.15, 0.2) is 36.5 Å². The summed E-state index contributed by atoms with van der Waals surface area (Å²) in [5, 5.41) is 3.35. The maximum atomic E-state index is 12.7. The van der Waals surface area contributed by atoms with Crippen molar-refractivity contribution in [1.82, 2.24) is 9.88 Å². The van der Waals surface area contributed by atoms with Crippen LogP contribution in [0.5, 0.6) is 0 Å². The molecule has 1 N–H and O–H groups in total. The quantitative estimate of drug-likeness (QED) is 0.880. The van der Waals surface area contributed by atoms with Crippen molar-refractivity contribution >= 4 is 29.1 Å². The molecule has 5 nitrogen and oxygen atoms in total. The molecule has 6 heteroatoms. The van der Waals surface area contributed by atoms with Crippen molar-refractivity contribution in [3.63, 3.8) is 0 Å². The second-order valence-electron chi connectivity index (χ2n) is 6.84. The van der Waals surface area contributed by atoms with Gasteiger partial charge in [0.15, 0.2) is 0 Å². The van der Waals surface area contributed by atoms with E-state index in [1.165, 1.54) is 6.20 Å². The minimum absolute atomic E-state index is 0.0491. The van der Waals surface area contributed by atoms with E-state index in [2.05, 4.69) is 17.2 Å². The third-order valence-electron chi connectivity index (χ3n) is 4.63. The number of aromatic nitrogens is 1. The molecule has 1 aromatic carbocycles. The van der Waals surface area contributed by atoms with Crippen molar-refractivity contribution < 1.29 is 9.59 Å². The van der Waals surface area contributed by atoms with Crippen LogP contribution in [0, 0.1) is 12.8 Å². The highest BCUT2D eigenvalue weighted by atomic mass is 35.5. The van der Waals surface area contributed by atoms with Crippen LogP contribution in [-0.2, 0) is 0 Å². The zero-order valence-corrected chi connectivity index (χ0v) is 15.7. The molecule has 1 aliphatic heterocycles. The molecule has 2 amide bonds. The molecule has 136 valence electrons. The topological polar surface area (TPSA) is 62.3 Å². The number of pyridine rings is 1. The predicted molar refractivity (Wildman–Crippen MR) is 103 cm³/mol. The number of benzene rings is 1. The zero-order valence-electron chi connectivity index (χ0n) is 15.0. The van der Waals surface area contributed by atoms with Crippen LogP contribution in [0.2, 0.25) is 5.02 Å². The SMILES string of the molecule is Cc1ccc(Cl)cc1NC(=O)c1cc(C(=O)N2CCCC(C)C2)ccn1. The fraction of sp³-hybridized carbons (Fsp3) is 0.350. The fourth-order valence-corrected chi connectivity index (χ4v) is 3.33. The summed E-state index contributed by atoms with van der Waals surface area (Å²) >= 11 is 5.99. The number of piperidine rings is 1. The van der Waals surface area contributed by atoms with Crippen LogP contribution in [0.3, 0.4) is 0 Å². The van der Waals surface area contributed by atoms with Gasteiger partial charge < -0.3 is 10.2 Å². The van der Waals surface area contributed by atoms with Gasteiger partial charge in [0.25, 0.3) is 11.8 Å². The van der Waals surface area contributed by atoms with Gasteiger partial charge in [-0.05, 0) is 55.5 Å². The van der Waals surface area contributed by atoms with E-state index in [4.69, 9.17) is 11.6 Å². The Morgan fingerprint density at radius 3 is 2.85 bits per heavy atom. The third kappa shape index (κ3) is 4.22. The van der Waals surface area contributed by atoms with Gasteiger partial charge in [-0.15, -0.1) is 0 Å². The van der Waals surface area contributed by atoms with E-state index in [9.17, 15) is 9.59 Å². The van der Waals surface area contributed by atoms with E-state index < -0.39 is 0 Å². The van der Waals surface area contributed by atoms with Gasteiger partial charge in [-0.2, -0.15) is 0 Å². The van der Waals surface area contributed by atoms with E-state index in [0.717, 1.165) is 31.5 Å². The highest BCUT2D eigenvalue weighted by Crippen LogP contribution is 2.21. The number of rotatable bonds is 3. The fourth-order valence-electron chi connectivity index (χ4n) is 3.16. The number of carbonyl (C=O) groups is 2. The second-order valence-corrected chi connectivity index (χ2v) is 7.28. The molecular weight excluding hydrogens is 350 g/mol. The van der Waals surface area contributed by atoms with Crippen molar-refractivity contribution in [3.05, 3.63) is 58.4 Å². The number of carbonyl (C=O) groups excluding carboxylic acids is 2. The highest BCUT2D eigenvalue weighted by molar-refractivity contribution is 6.31. The van der Waals surface area contributed by atoms with Crippen molar-refractivity contribution in [2.75, 3.05) is 18.4 Å². The van der Waals surface area contributed by atoms with Crippen LogP contribution in [0.4, 0.5) is 5.69 Å². The second kappa shape index (κ2) is 7.87. The highest BCUT2D eigenvalue weighted by Gasteiger charge is 2.23. The molecule has 3 rings (SSSR count). The van der Waals surface area contributed by atoms with Gasteiger partial charge in [0.2, 0.25) is 0 Å². The molecule has 0 spiro atoms. The number of aryl methyl sites for hydroxylation is 1. The smallest absolute Gasteiger partial charge is 0.274 e. The number of nitrogens with zero attached hydrogens (tertiary/aromatic N) is 2. The van der Waals surface area contributed by atoms with Crippen molar-refractivity contribution in [1.29, 1.82) is 0 Å². The predicted octanol–water partition coefficient (Wildman–Crippen LogP) is 4.17. The molecule has 0 aliphatic carbocycles. The van der Waals surface area contributed by atoms with Crippen molar-refractivity contribution in [2.45, 2.75) is 26.7 Å². The lowest BCUT2D eigenvalue weighted by atomic mass is 9.99. The summed E-state index contributed by atoms with van der Waals surface area (Å²) in [6.45, 7) is 5.55. The number of hydrogen-bond acceptors (Lipinski definition) is 3. The van der Waals surface area contributed by atoms with E-state index in [-0.39, 0.29) is 17.5 Å². The molecule has 1 saturated heterocycles. The molecule has 0 saturated carbocycles. The van der Waals surface area contributed by atoms with Gasteiger partial charge in [-0.3, -0.25) is 14.6 Å². The van der Waals surface area contributed by atoms with Crippen LogP contribution in [0.25, 0.3) is 0 Å². The molecule has 1 unspecified atom stereocenters.